The van der Waals surface area contributed by atoms with Crippen LogP contribution in [0.1, 0.15) is 18.4 Å². The van der Waals surface area contributed by atoms with Crippen molar-refractivity contribution in [3.63, 3.8) is 0 Å². The number of pyridine rings is 1. The van der Waals surface area contributed by atoms with Crippen molar-refractivity contribution >= 4 is 35.9 Å². The highest BCUT2D eigenvalue weighted by Gasteiger charge is 2.26. The topological polar surface area (TPSA) is 33.2 Å². The molecule has 1 aromatic heterocycles. The van der Waals surface area contributed by atoms with Crippen LogP contribution in [-0.2, 0) is 4.79 Å². The predicted molar refractivity (Wildman–Crippen MR) is 73.4 cm³/mol. The zero-order valence-electron chi connectivity index (χ0n) is 10.9. The van der Waals surface area contributed by atoms with Crippen molar-refractivity contribution in [3.05, 3.63) is 29.3 Å². The number of aromatic nitrogens is 1. The first-order valence-electron chi connectivity index (χ1n) is 6.34. The summed E-state index contributed by atoms with van der Waals surface area (Å²) in [6.07, 6.45) is 1.20. The fourth-order valence-corrected chi connectivity index (χ4v) is 2.56. The van der Waals surface area contributed by atoms with Crippen LogP contribution in [0, 0.1) is 18.6 Å². The molecule has 20 heavy (non-hydrogen) atoms. The number of nitrogens with zero attached hydrogens (tertiary/aromatic N) is 2. The number of carbonyl (C=O) groups is 1. The molecule has 0 atom stereocenters. The minimum atomic E-state index is -0.743. The van der Waals surface area contributed by atoms with Crippen LogP contribution in [0.2, 0.25) is 0 Å². The second-order valence-electron chi connectivity index (χ2n) is 4.90. The molecule has 1 saturated heterocycles. The van der Waals surface area contributed by atoms with Crippen LogP contribution in [-0.4, -0.2) is 25.3 Å². The highest BCUT2D eigenvalue weighted by atomic mass is 19.1. The Labute approximate surface area is 116 Å². The summed E-state index contributed by atoms with van der Waals surface area (Å²) in [6.45, 7) is 2.24. The fraction of sp³-hybridized carbons (Fsp3) is 0.286. The first-order valence-corrected chi connectivity index (χ1v) is 6.34. The van der Waals surface area contributed by atoms with Crippen molar-refractivity contribution in [1.29, 1.82) is 0 Å². The molecule has 1 aromatic carbocycles. The average molecular weight is 272 g/mol. The molecule has 3 rings (SSSR count). The first-order chi connectivity index (χ1) is 9.49. The van der Waals surface area contributed by atoms with Crippen LogP contribution >= 0.6 is 0 Å². The van der Waals surface area contributed by atoms with Gasteiger partial charge in [0.1, 0.15) is 25.3 Å². The van der Waals surface area contributed by atoms with E-state index < -0.39 is 11.6 Å². The van der Waals surface area contributed by atoms with E-state index >= 15 is 0 Å². The van der Waals surface area contributed by atoms with Crippen molar-refractivity contribution in [3.8, 4) is 0 Å². The molecular formula is C14H11BF2N2O. The SMILES string of the molecule is [B]c1c(C)c(N2CCCC2=O)nc2cc(F)cc(F)c12. The fourth-order valence-electron chi connectivity index (χ4n) is 2.56. The molecule has 1 fully saturated rings. The monoisotopic (exact) mass is 272 g/mol. The third-order valence-corrected chi connectivity index (χ3v) is 3.60. The number of amides is 1. The molecule has 1 aliphatic rings. The summed E-state index contributed by atoms with van der Waals surface area (Å²) in [5.41, 5.74) is 0.862. The van der Waals surface area contributed by atoms with E-state index in [-0.39, 0.29) is 22.3 Å². The van der Waals surface area contributed by atoms with Gasteiger partial charge in [0.2, 0.25) is 5.91 Å². The number of hydrogen-bond donors (Lipinski definition) is 0. The molecule has 3 nitrogen and oxygen atoms in total. The summed E-state index contributed by atoms with van der Waals surface area (Å²) in [6, 6.07) is 1.90. The van der Waals surface area contributed by atoms with Crippen molar-refractivity contribution in [2.45, 2.75) is 19.8 Å². The number of rotatable bonds is 1. The molecule has 1 aliphatic heterocycles. The van der Waals surface area contributed by atoms with Gasteiger partial charge >= 0.3 is 0 Å². The van der Waals surface area contributed by atoms with Gasteiger partial charge in [-0.2, -0.15) is 0 Å². The second kappa shape index (κ2) is 4.54. The highest BCUT2D eigenvalue weighted by molar-refractivity contribution is 6.40. The van der Waals surface area contributed by atoms with Crippen molar-refractivity contribution in [2.75, 3.05) is 11.4 Å². The maximum atomic E-state index is 13.8. The van der Waals surface area contributed by atoms with Crippen LogP contribution in [0.5, 0.6) is 0 Å². The highest BCUT2D eigenvalue weighted by Crippen LogP contribution is 2.26. The van der Waals surface area contributed by atoms with Gasteiger partial charge < -0.3 is 0 Å². The van der Waals surface area contributed by atoms with Gasteiger partial charge in [-0.1, -0.05) is 5.46 Å². The van der Waals surface area contributed by atoms with Gasteiger partial charge in [-0.25, -0.2) is 13.8 Å². The Morgan fingerprint density at radius 2 is 2.10 bits per heavy atom. The van der Waals surface area contributed by atoms with Gasteiger partial charge in [-0.05, 0) is 18.9 Å². The lowest BCUT2D eigenvalue weighted by atomic mass is 9.87. The van der Waals surface area contributed by atoms with Gasteiger partial charge in [0.05, 0.1) is 5.52 Å². The van der Waals surface area contributed by atoms with E-state index in [1.165, 1.54) is 4.90 Å². The standard InChI is InChI=1S/C14H11BF2N2O/c1-7-13(15)12-9(17)5-8(16)6-10(12)18-14(7)19-4-2-3-11(19)20/h5-6H,2-4H2,1H3. The largest absolute Gasteiger partial charge is 0.297 e. The Bertz CT molecular complexity index is 733. The minimum Gasteiger partial charge on any atom is -0.297 e. The Morgan fingerprint density at radius 3 is 2.75 bits per heavy atom. The van der Waals surface area contributed by atoms with Crippen molar-refractivity contribution in [2.24, 2.45) is 0 Å². The third kappa shape index (κ3) is 1.87. The number of anilines is 1. The maximum Gasteiger partial charge on any atom is 0.228 e. The van der Waals surface area contributed by atoms with Gasteiger partial charge in [0.15, 0.2) is 0 Å². The van der Waals surface area contributed by atoms with E-state index in [0.717, 1.165) is 18.6 Å². The van der Waals surface area contributed by atoms with E-state index in [9.17, 15) is 13.6 Å². The number of fused-ring (bicyclic) bond motifs is 1. The van der Waals surface area contributed by atoms with E-state index in [0.29, 0.717) is 24.3 Å². The van der Waals surface area contributed by atoms with Crippen LogP contribution in [0.15, 0.2) is 12.1 Å². The zero-order chi connectivity index (χ0) is 14.4. The number of hydrogen-bond acceptors (Lipinski definition) is 2. The van der Waals surface area contributed by atoms with Gasteiger partial charge in [-0.15, -0.1) is 0 Å². The number of halogens is 2. The normalized spacial score (nSPS) is 15.3. The van der Waals surface area contributed by atoms with Crippen LogP contribution in [0.25, 0.3) is 10.9 Å². The lowest BCUT2D eigenvalue weighted by Crippen LogP contribution is -2.28. The molecule has 1 amide bonds. The maximum absolute atomic E-state index is 13.8. The third-order valence-electron chi connectivity index (χ3n) is 3.60. The smallest absolute Gasteiger partial charge is 0.228 e. The minimum absolute atomic E-state index is 0.0452. The molecule has 0 bridgehead atoms. The first kappa shape index (κ1) is 13.0. The molecule has 0 aliphatic carbocycles. The molecule has 2 radical (unpaired) electrons. The molecule has 2 heterocycles. The molecule has 100 valence electrons. The Hall–Kier alpha value is -1.98. The Kier molecular flexibility index (Phi) is 2.96. The molecule has 0 N–H and O–H groups in total. The summed E-state index contributed by atoms with van der Waals surface area (Å²) in [7, 11) is 5.94. The average Bonchev–Trinajstić information content (AvgIpc) is 2.79. The van der Waals surface area contributed by atoms with E-state index in [1.807, 2.05) is 0 Å². The second-order valence-corrected chi connectivity index (χ2v) is 4.90. The molecule has 0 saturated carbocycles. The van der Waals surface area contributed by atoms with Crippen molar-refractivity contribution < 1.29 is 13.6 Å². The summed E-state index contributed by atoms with van der Waals surface area (Å²) >= 11 is 0. The summed E-state index contributed by atoms with van der Waals surface area (Å²) in [5.74, 6) is -1.12. The van der Waals surface area contributed by atoms with E-state index in [4.69, 9.17) is 7.85 Å². The summed E-state index contributed by atoms with van der Waals surface area (Å²) in [5, 5.41) is 0.0966. The van der Waals surface area contributed by atoms with Crippen LogP contribution in [0.4, 0.5) is 14.6 Å². The van der Waals surface area contributed by atoms with E-state index in [1.54, 1.807) is 6.92 Å². The lowest BCUT2D eigenvalue weighted by Gasteiger charge is -2.20. The van der Waals surface area contributed by atoms with E-state index in [2.05, 4.69) is 4.98 Å². The van der Waals surface area contributed by atoms with Gasteiger partial charge in [0.25, 0.3) is 0 Å². The Morgan fingerprint density at radius 1 is 1.35 bits per heavy atom. The Balaban J connectivity index is 2.29. The zero-order valence-corrected chi connectivity index (χ0v) is 10.9. The van der Waals surface area contributed by atoms with Gasteiger partial charge in [0, 0.05) is 30.5 Å². The predicted octanol–water partition coefficient (Wildman–Crippen LogP) is 1.74. The summed E-state index contributed by atoms with van der Waals surface area (Å²) in [4.78, 5) is 17.6. The molecule has 0 unspecified atom stereocenters. The lowest BCUT2D eigenvalue weighted by molar-refractivity contribution is -0.117. The number of carbonyl (C=O) groups excluding carboxylic acids is 1. The molecular weight excluding hydrogens is 261 g/mol. The summed E-state index contributed by atoms with van der Waals surface area (Å²) < 4.78 is 27.1. The van der Waals surface area contributed by atoms with Crippen LogP contribution in [0.3, 0.4) is 0 Å². The molecule has 6 heteroatoms. The molecule has 0 spiro atoms. The van der Waals surface area contributed by atoms with Crippen molar-refractivity contribution in [1.82, 2.24) is 4.98 Å². The van der Waals surface area contributed by atoms with Gasteiger partial charge in [-0.3, -0.25) is 9.69 Å². The quantitative estimate of drug-likeness (QED) is 0.741. The van der Waals surface area contributed by atoms with Crippen LogP contribution < -0.4 is 10.4 Å². The number of benzene rings is 1. The molecule has 2 aromatic rings.